The third kappa shape index (κ3) is 11.6. The minimum atomic E-state index is -5.12. The average molecular weight is 767 g/mol. The lowest BCUT2D eigenvalue weighted by Crippen LogP contribution is -2.33. The fraction of sp³-hybridized carbons (Fsp3) is 0.514. The first-order valence-corrected chi connectivity index (χ1v) is 17.9. The van der Waals surface area contributed by atoms with Gasteiger partial charge in [-0.25, -0.2) is 9.97 Å². The monoisotopic (exact) mass is 766 g/mol. The lowest BCUT2D eigenvalue weighted by Gasteiger charge is -2.35. The van der Waals surface area contributed by atoms with Gasteiger partial charge in [-0.2, -0.15) is 51.3 Å². The van der Waals surface area contributed by atoms with Gasteiger partial charge in [0.05, 0.1) is 35.7 Å². The van der Waals surface area contributed by atoms with Crippen molar-refractivity contribution in [3.63, 3.8) is 0 Å². The maximum Gasteiger partial charge on any atom is 0.416 e. The zero-order valence-corrected chi connectivity index (χ0v) is 29.2. The molecular weight excluding hydrogens is 727 g/mol. The number of rotatable bonds is 15. The predicted molar refractivity (Wildman–Crippen MR) is 179 cm³/mol. The van der Waals surface area contributed by atoms with Gasteiger partial charge in [0.15, 0.2) is 5.75 Å². The number of hydrogen-bond acceptors (Lipinski definition) is 7. The molecule has 1 fully saturated rings. The number of halogens is 9. The molecule has 1 aliphatic rings. The van der Waals surface area contributed by atoms with Crippen LogP contribution in [0.1, 0.15) is 66.8 Å². The van der Waals surface area contributed by atoms with Crippen LogP contribution in [0.3, 0.4) is 0 Å². The van der Waals surface area contributed by atoms with E-state index < -0.39 is 59.8 Å². The molecule has 17 heteroatoms. The molecule has 0 amide bonds. The smallest absolute Gasteiger partial charge is 0.416 e. The number of nitrogens with zero attached hydrogens (tertiary/aromatic N) is 4. The van der Waals surface area contributed by atoms with Crippen LogP contribution in [0.15, 0.2) is 48.8 Å². The number of hydrogen-bond donors (Lipinski definition) is 1. The molecule has 1 aromatic heterocycles. The zero-order valence-electron chi connectivity index (χ0n) is 28.4. The van der Waals surface area contributed by atoms with Crippen LogP contribution in [0.5, 0.6) is 5.75 Å². The van der Waals surface area contributed by atoms with Crippen LogP contribution in [-0.4, -0.2) is 52.7 Å². The van der Waals surface area contributed by atoms with E-state index in [0.29, 0.717) is 69.0 Å². The van der Waals surface area contributed by atoms with Crippen molar-refractivity contribution in [2.75, 3.05) is 41.5 Å². The Balaban J connectivity index is 1.75. The summed E-state index contributed by atoms with van der Waals surface area (Å²) in [7, 11) is 0. The molecule has 0 spiro atoms. The van der Waals surface area contributed by atoms with Crippen molar-refractivity contribution in [3.8, 4) is 5.75 Å². The van der Waals surface area contributed by atoms with E-state index in [4.69, 9.17) is 9.84 Å². The van der Waals surface area contributed by atoms with Gasteiger partial charge in [-0.1, -0.05) is 0 Å². The van der Waals surface area contributed by atoms with Crippen LogP contribution < -0.4 is 14.5 Å². The van der Waals surface area contributed by atoms with Gasteiger partial charge in [0.1, 0.15) is 0 Å². The molecule has 4 rings (SSSR count). The van der Waals surface area contributed by atoms with Gasteiger partial charge in [0, 0.05) is 44.0 Å². The highest BCUT2D eigenvalue weighted by molar-refractivity contribution is 7.98. The molecule has 286 valence electrons. The molecule has 0 aliphatic heterocycles. The predicted octanol–water partition coefficient (Wildman–Crippen LogP) is 9.59. The Kier molecular flexibility index (Phi) is 13.6. The summed E-state index contributed by atoms with van der Waals surface area (Å²) in [5.41, 5.74) is -3.98. The molecular formula is C35H39F9N4O3S. The molecule has 1 aliphatic carbocycles. The second-order valence-corrected chi connectivity index (χ2v) is 13.7. The van der Waals surface area contributed by atoms with Crippen molar-refractivity contribution in [1.82, 2.24) is 9.97 Å². The highest BCUT2D eigenvalue weighted by Crippen LogP contribution is 2.39. The van der Waals surface area contributed by atoms with Crippen LogP contribution in [0.25, 0.3) is 0 Å². The van der Waals surface area contributed by atoms with Crippen molar-refractivity contribution in [2.45, 2.75) is 70.6 Å². The van der Waals surface area contributed by atoms with Crippen molar-refractivity contribution < 1.29 is 54.2 Å². The van der Waals surface area contributed by atoms with Crippen molar-refractivity contribution >= 4 is 29.4 Å². The van der Waals surface area contributed by atoms with Crippen molar-refractivity contribution in [1.29, 1.82) is 0 Å². The molecule has 0 radical (unpaired) electrons. The Morgan fingerprint density at radius 3 is 1.92 bits per heavy atom. The van der Waals surface area contributed by atoms with E-state index in [1.54, 1.807) is 0 Å². The van der Waals surface area contributed by atoms with E-state index in [9.17, 15) is 44.3 Å². The van der Waals surface area contributed by atoms with Gasteiger partial charge < -0.3 is 19.6 Å². The maximum absolute atomic E-state index is 14.1. The number of thioether (sulfide) groups is 1. The van der Waals surface area contributed by atoms with E-state index >= 15 is 0 Å². The minimum Gasteiger partial charge on any atom is -0.489 e. The first-order chi connectivity index (χ1) is 24.4. The SMILES string of the molecule is CCN(CC1CCC(CC(=O)O)CC1)c1ccc(C(F)(F)F)cc1CN(Cc1cc(C(F)(F)F)cc(C(F)(F)F)c1)c1ncc(OCCSC)cn1. The summed E-state index contributed by atoms with van der Waals surface area (Å²) in [6.45, 7) is 1.90. The van der Waals surface area contributed by atoms with Gasteiger partial charge in [-0.05, 0) is 98.2 Å². The number of carbonyl (C=O) groups is 1. The van der Waals surface area contributed by atoms with Crippen LogP contribution in [0.2, 0.25) is 0 Å². The maximum atomic E-state index is 14.1. The van der Waals surface area contributed by atoms with Gasteiger partial charge >= 0.3 is 24.5 Å². The van der Waals surface area contributed by atoms with Gasteiger partial charge in [-0.3, -0.25) is 4.79 Å². The van der Waals surface area contributed by atoms with E-state index in [-0.39, 0.29) is 41.6 Å². The van der Waals surface area contributed by atoms with E-state index in [1.807, 2.05) is 18.1 Å². The average Bonchev–Trinajstić information content (AvgIpc) is 3.06. The second-order valence-electron chi connectivity index (χ2n) is 12.7. The molecule has 1 N–H and O–H groups in total. The lowest BCUT2D eigenvalue weighted by molar-refractivity contribution is -0.143. The number of benzene rings is 2. The highest BCUT2D eigenvalue weighted by Gasteiger charge is 2.37. The summed E-state index contributed by atoms with van der Waals surface area (Å²) in [6.07, 6.45) is -7.71. The number of anilines is 2. The first kappa shape index (κ1) is 40.9. The molecule has 3 aromatic rings. The van der Waals surface area contributed by atoms with Crippen molar-refractivity contribution in [3.05, 3.63) is 76.6 Å². The summed E-state index contributed by atoms with van der Waals surface area (Å²) < 4.78 is 130. The van der Waals surface area contributed by atoms with Gasteiger partial charge in [-0.15, -0.1) is 0 Å². The molecule has 52 heavy (non-hydrogen) atoms. The Bertz CT molecular complexity index is 1600. The normalized spacial score (nSPS) is 16.8. The fourth-order valence-electron chi connectivity index (χ4n) is 6.30. The summed E-state index contributed by atoms with van der Waals surface area (Å²) in [6, 6.07) is 4.29. The first-order valence-electron chi connectivity index (χ1n) is 16.5. The number of alkyl halides is 9. The highest BCUT2D eigenvalue weighted by atomic mass is 32.2. The lowest BCUT2D eigenvalue weighted by atomic mass is 9.80. The third-order valence-corrected chi connectivity index (χ3v) is 9.45. The molecule has 7 nitrogen and oxygen atoms in total. The zero-order chi connectivity index (χ0) is 38.3. The van der Waals surface area contributed by atoms with Crippen molar-refractivity contribution in [2.24, 2.45) is 11.8 Å². The Morgan fingerprint density at radius 1 is 0.827 bits per heavy atom. The topological polar surface area (TPSA) is 78.8 Å². The molecule has 0 unspecified atom stereocenters. The molecule has 0 bridgehead atoms. The third-order valence-electron chi connectivity index (χ3n) is 8.87. The number of aromatic nitrogens is 2. The largest absolute Gasteiger partial charge is 0.489 e. The summed E-state index contributed by atoms with van der Waals surface area (Å²) in [5.74, 6) is -0.00293. The summed E-state index contributed by atoms with van der Waals surface area (Å²) in [4.78, 5) is 22.8. The molecule has 0 saturated heterocycles. The molecule has 0 atom stereocenters. The Hall–Kier alpha value is -3.89. The van der Waals surface area contributed by atoms with Crippen LogP contribution in [-0.2, 0) is 36.4 Å². The van der Waals surface area contributed by atoms with E-state index in [2.05, 4.69) is 9.97 Å². The summed E-state index contributed by atoms with van der Waals surface area (Å²) >= 11 is 1.52. The summed E-state index contributed by atoms with van der Waals surface area (Å²) in [5, 5.41) is 9.17. The molecule has 1 saturated carbocycles. The van der Waals surface area contributed by atoms with Gasteiger partial charge in [0.25, 0.3) is 0 Å². The van der Waals surface area contributed by atoms with Crippen LogP contribution in [0.4, 0.5) is 51.1 Å². The molecule has 1 heterocycles. The van der Waals surface area contributed by atoms with Crippen LogP contribution >= 0.6 is 11.8 Å². The number of aliphatic carboxylic acids is 1. The number of carboxylic acid groups (broad SMARTS) is 1. The quantitative estimate of drug-likeness (QED) is 0.121. The standard InChI is InChI=1S/C35H39F9N4O3S/c1-3-47(19-23-6-4-22(5-7-23)14-31(49)50)30-9-8-26(33(36,37)38)15-25(30)21-48(32-45-17-29(18-46-32)51-10-11-52-2)20-24-12-27(34(39,40)41)16-28(13-24)35(42,43)44/h8-9,12-13,15-18,22-23H,3-7,10-11,14,19-21H2,1-2H3,(H,49,50). The number of carboxylic acids is 1. The molecule has 2 aromatic carbocycles. The number of ether oxygens (including phenoxy) is 1. The second kappa shape index (κ2) is 17.3. The van der Waals surface area contributed by atoms with E-state index in [1.165, 1.54) is 35.1 Å². The Morgan fingerprint density at radius 2 is 1.40 bits per heavy atom. The van der Waals surface area contributed by atoms with Crippen LogP contribution in [0, 0.1) is 11.8 Å². The Labute approximate surface area is 299 Å². The fourth-order valence-corrected chi connectivity index (χ4v) is 6.55. The minimum absolute atomic E-state index is 0.00420. The van der Waals surface area contributed by atoms with Gasteiger partial charge in [0.2, 0.25) is 5.95 Å². The van der Waals surface area contributed by atoms with E-state index in [0.717, 1.165) is 12.1 Å².